The molecule has 0 aliphatic carbocycles. The van der Waals surface area contributed by atoms with Gasteiger partial charge in [-0.3, -0.25) is 0 Å². The predicted octanol–water partition coefficient (Wildman–Crippen LogP) is 14.4. The van der Waals surface area contributed by atoms with E-state index >= 15 is 0 Å². The minimum Gasteiger partial charge on any atom is -0.381 e. The number of nitrogens with zero attached hydrogens (tertiary/aromatic N) is 1. The molecule has 0 amide bonds. The fraction of sp³-hybridized carbons (Fsp3) is 0.830. The Labute approximate surface area is 314 Å². The van der Waals surface area contributed by atoms with E-state index in [1.54, 1.807) is 0 Å². The van der Waals surface area contributed by atoms with Crippen LogP contribution in [0.25, 0.3) is 0 Å². The lowest BCUT2D eigenvalue weighted by Crippen LogP contribution is -2.23. The number of unbranched alkanes of at least 4 members (excludes halogenated alkanes) is 22. The highest BCUT2D eigenvalue weighted by Gasteiger charge is 2.30. The van der Waals surface area contributed by atoms with Gasteiger partial charge in [-0.25, -0.2) is 0 Å². The maximum Gasteiger partial charge on any atom is 0.0510 e. The van der Waals surface area contributed by atoms with Crippen LogP contribution < -0.4 is 0 Å². The van der Waals surface area contributed by atoms with Gasteiger partial charge in [0.25, 0.3) is 0 Å². The van der Waals surface area contributed by atoms with Gasteiger partial charge in [-0.05, 0) is 84.1 Å². The molecule has 1 fully saturated rings. The molecule has 0 bridgehead atoms. The van der Waals surface area contributed by atoms with Gasteiger partial charge in [-0.1, -0.05) is 165 Å². The molecule has 1 heterocycles. The first-order valence-electron chi connectivity index (χ1n) is 22.2. The van der Waals surface area contributed by atoms with Gasteiger partial charge in [0.05, 0.1) is 13.2 Å². The molecule has 0 unspecified atom stereocenters. The summed E-state index contributed by atoms with van der Waals surface area (Å²) in [5.74, 6) is 1.27. The van der Waals surface area contributed by atoms with Crippen LogP contribution in [0.2, 0.25) is 0 Å². The van der Waals surface area contributed by atoms with Crippen molar-refractivity contribution >= 4 is 0 Å². The minimum absolute atomic E-state index is 0.634. The van der Waals surface area contributed by atoms with E-state index in [4.69, 9.17) is 9.47 Å². The van der Waals surface area contributed by atoms with Gasteiger partial charge >= 0.3 is 0 Å². The lowest BCUT2D eigenvalue weighted by Gasteiger charge is -2.18. The topological polar surface area (TPSA) is 21.7 Å². The molecule has 50 heavy (non-hydrogen) atoms. The van der Waals surface area contributed by atoms with Crippen LogP contribution in [0.5, 0.6) is 0 Å². The van der Waals surface area contributed by atoms with Gasteiger partial charge in [-0.2, -0.15) is 0 Å². The first kappa shape index (κ1) is 46.9. The zero-order valence-electron chi connectivity index (χ0n) is 34.1. The number of hydrogen-bond donors (Lipinski definition) is 0. The van der Waals surface area contributed by atoms with Gasteiger partial charge in [0, 0.05) is 38.1 Å². The molecule has 0 aromatic carbocycles. The van der Waals surface area contributed by atoms with Gasteiger partial charge < -0.3 is 14.4 Å². The van der Waals surface area contributed by atoms with Crippen LogP contribution in [-0.4, -0.2) is 51.5 Å². The minimum atomic E-state index is 0.634. The van der Waals surface area contributed by atoms with Crippen LogP contribution in [-0.2, 0) is 9.47 Å². The second-order valence-electron chi connectivity index (χ2n) is 15.5. The van der Waals surface area contributed by atoms with Crippen molar-refractivity contribution in [2.24, 2.45) is 11.8 Å². The van der Waals surface area contributed by atoms with Crippen molar-refractivity contribution in [2.45, 2.75) is 194 Å². The van der Waals surface area contributed by atoms with E-state index in [9.17, 15) is 0 Å². The average molecular weight is 698 g/mol. The second kappa shape index (κ2) is 39.1. The molecule has 1 aliphatic rings. The van der Waals surface area contributed by atoms with Crippen LogP contribution in [0, 0.1) is 11.8 Å². The summed E-state index contributed by atoms with van der Waals surface area (Å²) in [6.07, 6.45) is 55.8. The van der Waals surface area contributed by atoms with Crippen LogP contribution in [0.4, 0.5) is 0 Å². The predicted molar refractivity (Wildman–Crippen MR) is 223 cm³/mol. The molecule has 3 nitrogen and oxygen atoms in total. The van der Waals surface area contributed by atoms with Crippen molar-refractivity contribution in [3.63, 3.8) is 0 Å². The van der Waals surface area contributed by atoms with E-state index < -0.39 is 0 Å². The average Bonchev–Trinajstić information content (AvgIpc) is 3.48. The summed E-state index contributed by atoms with van der Waals surface area (Å²) in [4.78, 5) is 2.47. The van der Waals surface area contributed by atoms with Gasteiger partial charge in [-0.15, -0.1) is 0 Å². The molecular formula is C47H87NO2. The summed E-state index contributed by atoms with van der Waals surface area (Å²) in [6.45, 7) is 10.5. The van der Waals surface area contributed by atoms with Gasteiger partial charge in [0.15, 0.2) is 0 Å². The molecule has 1 rings (SSSR count). The number of likely N-dealkylation sites (tertiary alicyclic amines) is 1. The summed E-state index contributed by atoms with van der Waals surface area (Å²) in [7, 11) is 2.25. The van der Waals surface area contributed by atoms with E-state index in [1.165, 1.54) is 167 Å². The van der Waals surface area contributed by atoms with Crippen LogP contribution in [0.1, 0.15) is 194 Å². The summed E-state index contributed by atoms with van der Waals surface area (Å²) in [6, 6.07) is 0. The summed E-state index contributed by atoms with van der Waals surface area (Å²) >= 11 is 0. The Morgan fingerprint density at radius 1 is 0.400 bits per heavy atom. The molecule has 3 heteroatoms. The Bertz CT molecular complexity index is 722. The van der Waals surface area contributed by atoms with Gasteiger partial charge in [0.1, 0.15) is 0 Å². The molecule has 0 N–H and O–H groups in total. The first-order chi connectivity index (χ1) is 24.8. The highest BCUT2D eigenvalue weighted by atomic mass is 16.5. The number of hydrogen-bond acceptors (Lipinski definition) is 3. The highest BCUT2D eigenvalue weighted by molar-refractivity contribution is 4.93. The van der Waals surface area contributed by atoms with Crippen molar-refractivity contribution in [3.05, 3.63) is 48.6 Å². The van der Waals surface area contributed by atoms with Crippen molar-refractivity contribution < 1.29 is 9.47 Å². The van der Waals surface area contributed by atoms with E-state index in [0.717, 1.165) is 52.4 Å². The first-order valence-corrected chi connectivity index (χ1v) is 22.2. The monoisotopic (exact) mass is 698 g/mol. The van der Waals surface area contributed by atoms with Crippen molar-refractivity contribution in [1.29, 1.82) is 0 Å². The summed E-state index contributed by atoms with van der Waals surface area (Å²) < 4.78 is 12.3. The number of rotatable bonds is 38. The fourth-order valence-corrected chi connectivity index (χ4v) is 7.11. The Morgan fingerprint density at radius 3 is 1.04 bits per heavy atom. The van der Waals surface area contributed by atoms with E-state index in [2.05, 4.69) is 74.4 Å². The second-order valence-corrected chi connectivity index (χ2v) is 15.5. The van der Waals surface area contributed by atoms with Crippen molar-refractivity contribution in [2.75, 3.05) is 46.6 Å². The Hall–Kier alpha value is -1.16. The van der Waals surface area contributed by atoms with Crippen molar-refractivity contribution in [1.82, 2.24) is 4.90 Å². The standard InChI is InChI=1S/C47H87NO2/c1-4-6-8-10-12-14-16-18-20-22-24-26-28-30-32-34-36-38-40-49-44-46-42-48(3)43-47(46)45-50-41-39-37-35-33-31-29-27-25-23-21-19-17-15-13-11-9-7-5-2/h12-15,18-21,46-47H,4-11,16-17,22-45H2,1-3H3/t46-,47-/m0/s1. The molecule has 0 aromatic rings. The Morgan fingerprint density at radius 2 is 0.700 bits per heavy atom. The quantitative estimate of drug-likeness (QED) is 0.0473. The maximum absolute atomic E-state index is 6.17. The lowest BCUT2D eigenvalue weighted by atomic mass is 9.98. The fourth-order valence-electron chi connectivity index (χ4n) is 7.11. The normalized spacial score (nSPS) is 17.3. The summed E-state index contributed by atoms with van der Waals surface area (Å²) in [5, 5.41) is 0. The molecule has 1 saturated heterocycles. The largest absolute Gasteiger partial charge is 0.381 e. The third kappa shape index (κ3) is 32.7. The molecule has 1 aliphatic heterocycles. The summed E-state index contributed by atoms with van der Waals surface area (Å²) in [5.41, 5.74) is 0. The van der Waals surface area contributed by atoms with E-state index in [0.29, 0.717) is 11.8 Å². The zero-order chi connectivity index (χ0) is 35.8. The third-order valence-corrected chi connectivity index (χ3v) is 10.4. The number of ether oxygens (including phenoxy) is 2. The lowest BCUT2D eigenvalue weighted by molar-refractivity contribution is 0.0482. The number of allylic oxidation sites excluding steroid dienone is 8. The van der Waals surface area contributed by atoms with Gasteiger partial charge in [0.2, 0.25) is 0 Å². The van der Waals surface area contributed by atoms with Crippen LogP contribution in [0.3, 0.4) is 0 Å². The molecular weight excluding hydrogens is 611 g/mol. The Balaban J connectivity index is 1.85. The molecule has 0 saturated carbocycles. The zero-order valence-corrected chi connectivity index (χ0v) is 34.1. The highest BCUT2D eigenvalue weighted by Crippen LogP contribution is 2.23. The third-order valence-electron chi connectivity index (χ3n) is 10.4. The molecule has 292 valence electrons. The molecule has 0 spiro atoms. The van der Waals surface area contributed by atoms with Crippen LogP contribution >= 0.6 is 0 Å². The van der Waals surface area contributed by atoms with Crippen molar-refractivity contribution in [3.8, 4) is 0 Å². The van der Waals surface area contributed by atoms with E-state index in [1.807, 2.05) is 0 Å². The Kier molecular flexibility index (Phi) is 36.6. The van der Waals surface area contributed by atoms with E-state index in [-0.39, 0.29) is 0 Å². The molecule has 2 atom stereocenters. The van der Waals surface area contributed by atoms with Crippen LogP contribution in [0.15, 0.2) is 48.6 Å². The maximum atomic E-state index is 6.17. The SMILES string of the molecule is CCCCCC=CCC=CCCCCCCCCCCOC[C@@H]1CN(C)C[C@H]1COCCCCCCCCCCC=CCC=CCCCCC. The molecule has 0 radical (unpaired) electrons. The molecule has 0 aromatic heterocycles. The smallest absolute Gasteiger partial charge is 0.0510 e.